The van der Waals surface area contributed by atoms with E-state index in [0.29, 0.717) is 6.61 Å². The highest BCUT2D eigenvalue weighted by molar-refractivity contribution is 5.41. The van der Waals surface area contributed by atoms with Crippen LogP contribution in [0.5, 0.6) is 5.75 Å². The summed E-state index contributed by atoms with van der Waals surface area (Å²) < 4.78 is 5.50. The van der Waals surface area contributed by atoms with Crippen LogP contribution in [0.25, 0.3) is 0 Å². The van der Waals surface area contributed by atoms with Gasteiger partial charge in [-0.15, -0.1) is 0 Å². The maximum atomic E-state index is 9.34. The normalized spacial score (nSPS) is 17.5. The van der Waals surface area contributed by atoms with Crippen molar-refractivity contribution >= 4 is 0 Å². The summed E-state index contributed by atoms with van der Waals surface area (Å²) in [6.45, 7) is 5.01. The van der Waals surface area contributed by atoms with Crippen LogP contribution in [0, 0.1) is 6.92 Å². The maximum Gasteiger partial charge on any atom is 0.122 e. The fourth-order valence-electron chi connectivity index (χ4n) is 1.99. The molecule has 2 heteroatoms. The Morgan fingerprint density at radius 3 is 2.60 bits per heavy atom. The van der Waals surface area contributed by atoms with Crippen molar-refractivity contribution in [1.82, 2.24) is 0 Å². The average molecular weight is 206 g/mol. The molecule has 0 spiro atoms. The number of aliphatic hydroxyl groups excluding tert-OH is 1. The highest BCUT2D eigenvalue weighted by Gasteiger charge is 2.43. The summed E-state index contributed by atoms with van der Waals surface area (Å²) in [4.78, 5) is 0. The summed E-state index contributed by atoms with van der Waals surface area (Å²) in [5, 5.41) is 9.34. The van der Waals surface area contributed by atoms with Crippen molar-refractivity contribution in [3.63, 3.8) is 0 Å². The van der Waals surface area contributed by atoms with Crippen molar-refractivity contribution in [2.45, 2.75) is 32.1 Å². The highest BCUT2D eigenvalue weighted by Crippen LogP contribution is 2.48. The lowest BCUT2D eigenvalue weighted by atomic mass is 9.95. The quantitative estimate of drug-likeness (QED) is 0.819. The summed E-state index contributed by atoms with van der Waals surface area (Å²) >= 11 is 0. The molecule has 0 amide bonds. The molecular formula is C13H18O2. The number of hydrogen-bond acceptors (Lipinski definition) is 2. The van der Waals surface area contributed by atoms with Gasteiger partial charge in [0.15, 0.2) is 0 Å². The number of hydrogen-bond donors (Lipinski definition) is 1. The molecule has 15 heavy (non-hydrogen) atoms. The van der Waals surface area contributed by atoms with Crippen molar-refractivity contribution in [2.75, 3.05) is 13.2 Å². The molecule has 0 radical (unpaired) electrons. The molecule has 0 unspecified atom stereocenters. The SMILES string of the molecule is CCOc1ccc(C2(CO)CC2)cc1C. The van der Waals surface area contributed by atoms with Crippen molar-refractivity contribution < 1.29 is 9.84 Å². The second kappa shape index (κ2) is 3.86. The first-order valence-corrected chi connectivity index (χ1v) is 5.56. The van der Waals surface area contributed by atoms with E-state index in [0.717, 1.165) is 24.2 Å². The minimum Gasteiger partial charge on any atom is -0.494 e. The fourth-order valence-corrected chi connectivity index (χ4v) is 1.99. The van der Waals surface area contributed by atoms with Crippen LogP contribution in [0.15, 0.2) is 18.2 Å². The van der Waals surface area contributed by atoms with Crippen molar-refractivity contribution in [3.05, 3.63) is 29.3 Å². The van der Waals surface area contributed by atoms with Gasteiger partial charge in [0.2, 0.25) is 0 Å². The van der Waals surface area contributed by atoms with Crippen LogP contribution >= 0.6 is 0 Å². The molecule has 0 aliphatic heterocycles. The summed E-state index contributed by atoms with van der Waals surface area (Å²) in [5.41, 5.74) is 2.48. The smallest absolute Gasteiger partial charge is 0.122 e. The Morgan fingerprint density at radius 2 is 2.13 bits per heavy atom. The molecule has 0 heterocycles. The van der Waals surface area contributed by atoms with Gasteiger partial charge in [0.25, 0.3) is 0 Å². The summed E-state index contributed by atoms with van der Waals surface area (Å²) in [5.74, 6) is 0.954. The molecule has 0 saturated heterocycles. The molecule has 82 valence electrons. The van der Waals surface area contributed by atoms with Crippen LogP contribution in [-0.2, 0) is 5.41 Å². The number of aliphatic hydroxyl groups is 1. The van der Waals surface area contributed by atoms with Gasteiger partial charge in [-0.25, -0.2) is 0 Å². The van der Waals surface area contributed by atoms with Crippen molar-refractivity contribution in [1.29, 1.82) is 0 Å². The summed E-state index contributed by atoms with van der Waals surface area (Å²) in [7, 11) is 0. The zero-order valence-electron chi connectivity index (χ0n) is 9.42. The molecule has 2 nitrogen and oxygen atoms in total. The molecule has 2 rings (SSSR count). The minimum absolute atomic E-state index is 0.0650. The molecule has 1 aromatic carbocycles. The van der Waals surface area contributed by atoms with E-state index in [1.54, 1.807) is 0 Å². The molecule has 1 fully saturated rings. The fraction of sp³-hybridized carbons (Fsp3) is 0.538. The lowest BCUT2D eigenvalue weighted by Crippen LogP contribution is -2.12. The van der Waals surface area contributed by atoms with Crippen LogP contribution in [0.3, 0.4) is 0 Å². The highest BCUT2D eigenvalue weighted by atomic mass is 16.5. The Bertz CT molecular complexity index is 354. The summed E-state index contributed by atoms with van der Waals surface area (Å²) in [6.07, 6.45) is 2.22. The van der Waals surface area contributed by atoms with E-state index in [9.17, 15) is 5.11 Å². The topological polar surface area (TPSA) is 29.5 Å². The Hall–Kier alpha value is -1.02. The predicted octanol–water partition coefficient (Wildman–Crippen LogP) is 2.42. The van der Waals surface area contributed by atoms with E-state index >= 15 is 0 Å². The van der Waals surface area contributed by atoms with Gasteiger partial charge < -0.3 is 9.84 Å². The first-order chi connectivity index (χ1) is 7.22. The zero-order chi connectivity index (χ0) is 10.9. The van der Waals surface area contributed by atoms with Gasteiger partial charge in [0, 0.05) is 5.41 Å². The Kier molecular flexibility index (Phi) is 2.70. The monoisotopic (exact) mass is 206 g/mol. The van der Waals surface area contributed by atoms with Gasteiger partial charge in [0.05, 0.1) is 13.2 Å². The van der Waals surface area contributed by atoms with Crippen LogP contribution in [-0.4, -0.2) is 18.3 Å². The van der Waals surface area contributed by atoms with E-state index in [1.165, 1.54) is 5.56 Å². The molecule has 0 bridgehead atoms. The van der Waals surface area contributed by atoms with Crippen molar-refractivity contribution in [3.8, 4) is 5.75 Å². The van der Waals surface area contributed by atoms with Gasteiger partial charge in [-0.3, -0.25) is 0 Å². The number of rotatable bonds is 4. The lowest BCUT2D eigenvalue weighted by molar-refractivity contribution is 0.255. The van der Waals surface area contributed by atoms with Crippen molar-refractivity contribution in [2.24, 2.45) is 0 Å². The second-order valence-corrected chi connectivity index (χ2v) is 4.35. The average Bonchev–Trinajstić information content (AvgIpc) is 3.02. The van der Waals surface area contributed by atoms with Gasteiger partial charge in [-0.05, 0) is 43.9 Å². The number of aryl methyl sites for hydroxylation is 1. The summed E-state index contributed by atoms with van der Waals surface area (Å²) in [6, 6.07) is 6.25. The lowest BCUT2D eigenvalue weighted by Gasteiger charge is -2.15. The first kappa shape index (κ1) is 10.5. The zero-order valence-corrected chi connectivity index (χ0v) is 9.42. The third-order valence-electron chi connectivity index (χ3n) is 3.24. The number of ether oxygens (including phenoxy) is 1. The van der Waals surface area contributed by atoms with Crippen LogP contribution in [0.4, 0.5) is 0 Å². The van der Waals surface area contributed by atoms with E-state index in [4.69, 9.17) is 4.74 Å². The van der Waals surface area contributed by atoms with E-state index in [1.807, 2.05) is 13.0 Å². The minimum atomic E-state index is 0.0650. The molecule has 1 aromatic rings. The van der Waals surface area contributed by atoms with Gasteiger partial charge in [-0.2, -0.15) is 0 Å². The van der Waals surface area contributed by atoms with Crippen LogP contribution < -0.4 is 4.74 Å². The molecule has 1 aliphatic rings. The maximum absolute atomic E-state index is 9.34. The largest absolute Gasteiger partial charge is 0.494 e. The third kappa shape index (κ3) is 1.86. The van der Waals surface area contributed by atoms with Gasteiger partial charge in [0.1, 0.15) is 5.75 Å². The van der Waals surface area contributed by atoms with E-state index in [-0.39, 0.29) is 12.0 Å². The van der Waals surface area contributed by atoms with E-state index in [2.05, 4.69) is 19.1 Å². The Morgan fingerprint density at radius 1 is 1.40 bits per heavy atom. The Balaban J connectivity index is 2.25. The van der Waals surface area contributed by atoms with Crippen LogP contribution in [0.2, 0.25) is 0 Å². The molecule has 0 aromatic heterocycles. The predicted molar refractivity (Wildman–Crippen MR) is 60.3 cm³/mol. The second-order valence-electron chi connectivity index (χ2n) is 4.35. The molecular weight excluding hydrogens is 188 g/mol. The third-order valence-corrected chi connectivity index (χ3v) is 3.24. The first-order valence-electron chi connectivity index (χ1n) is 5.56. The molecule has 0 atom stereocenters. The van der Waals surface area contributed by atoms with Gasteiger partial charge in [-0.1, -0.05) is 12.1 Å². The van der Waals surface area contributed by atoms with Gasteiger partial charge >= 0.3 is 0 Å². The number of benzene rings is 1. The standard InChI is InChI=1S/C13H18O2/c1-3-15-12-5-4-11(8-10(12)2)13(9-14)6-7-13/h4-5,8,14H,3,6-7,9H2,1-2H3. The molecule has 1 saturated carbocycles. The Labute approximate surface area is 90.9 Å². The van der Waals surface area contributed by atoms with E-state index < -0.39 is 0 Å². The molecule has 1 aliphatic carbocycles. The molecule has 1 N–H and O–H groups in total. The van der Waals surface area contributed by atoms with Crippen LogP contribution in [0.1, 0.15) is 30.9 Å².